The van der Waals surface area contributed by atoms with Crippen molar-refractivity contribution in [2.75, 3.05) is 25.5 Å². The largest absolute Gasteiger partial charge is 0.324 e. The average molecular weight is 353 g/mol. The Morgan fingerprint density at radius 3 is 2.92 bits per heavy atom. The molecule has 3 rings (SSSR count). The molecule has 138 valence electrons. The van der Waals surface area contributed by atoms with Gasteiger partial charge in [-0.15, -0.1) is 0 Å². The molecule has 0 unspecified atom stereocenters. The van der Waals surface area contributed by atoms with Crippen molar-refractivity contribution in [3.63, 3.8) is 0 Å². The first-order chi connectivity index (χ1) is 12.6. The van der Waals surface area contributed by atoms with E-state index in [0.29, 0.717) is 6.04 Å². The Morgan fingerprint density at radius 2 is 2.15 bits per heavy atom. The molecule has 0 saturated carbocycles. The molecule has 26 heavy (non-hydrogen) atoms. The number of pyridine rings is 2. The van der Waals surface area contributed by atoms with Crippen LogP contribution in [0.25, 0.3) is 0 Å². The van der Waals surface area contributed by atoms with Gasteiger partial charge in [-0.25, -0.2) is 4.79 Å². The lowest BCUT2D eigenvalue weighted by Crippen LogP contribution is -2.37. The van der Waals surface area contributed by atoms with Crippen LogP contribution in [0.4, 0.5) is 10.5 Å². The normalized spacial score (nSPS) is 17.8. The second-order valence-corrected chi connectivity index (χ2v) is 6.93. The van der Waals surface area contributed by atoms with Crippen LogP contribution in [0.3, 0.4) is 0 Å². The number of rotatable bonds is 4. The van der Waals surface area contributed by atoms with Crippen molar-refractivity contribution < 1.29 is 4.79 Å². The predicted molar refractivity (Wildman–Crippen MR) is 103 cm³/mol. The number of anilines is 1. The number of carbonyl (C=O) groups excluding carboxylic acids is 1. The molecule has 1 fully saturated rings. The van der Waals surface area contributed by atoms with Gasteiger partial charge in [-0.3, -0.25) is 14.9 Å². The molecule has 3 heterocycles. The van der Waals surface area contributed by atoms with Crippen LogP contribution in [0.15, 0.2) is 42.9 Å². The van der Waals surface area contributed by atoms with Gasteiger partial charge in [0.2, 0.25) is 0 Å². The monoisotopic (exact) mass is 353 g/mol. The van der Waals surface area contributed by atoms with Crippen molar-refractivity contribution in [1.29, 1.82) is 0 Å². The number of aryl methyl sites for hydroxylation is 1. The highest BCUT2D eigenvalue weighted by atomic mass is 16.2. The zero-order valence-electron chi connectivity index (χ0n) is 15.6. The molecule has 2 aromatic heterocycles. The third-order valence-corrected chi connectivity index (χ3v) is 5.01. The van der Waals surface area contributed by atoms with Gasteiger partial charge in [-0.1, -0.05) is 6.07 Å². The van der Waals surface area contributed by atoms with E-state index in [4.69, 9.17) is 0 Å². The van der Waals surface area contributed by atoms with Gasteiger partial charge in [0.05, 0.1) is 5.69 Å². The van der Waals surface area contributed by atoms with Crippen LogP contribution in [0, 0.1) is 6.92 Å². The summed E-state index contributed by atoms with van der Waals surface area (Å²) in [7, 11) is 2.15. The van der Waals surface area contributed by atoms with Gasteiger partial charge in [0.25, 0.3) is 0 Å². The molecule has 0 bridgehead atoms. The summed E-state index contributed by atoms with van der Waals surface area (Å²) in [5, 5.41) is 3.01. The van der Waals surface area contributed by atoms with Gasteiger partial charge < -0.3 is 10.2 Å². The minimum atomic E-state index is -0.0210. The number of hydrogen-bond acceptors (Lipinski definition) is 4. The lowest BCUT2D eigenvalue weighted by molar-refractivity contribution is 0.200. The molecular formula is C20H27N5O. The fraction of sp³-hybridized carbons (Fsp3) is 0.450. The molecule has 1 aliphatic heterocycles. The van der Waals surface area contributed by atoms with Crippen molar-refractivity contribution in [1.82, 2.24) is 19.8 Å². The standard InChI is InChI=1S/C20H27N5O/c1-16-14-21-11-8-19(16)23-20(26)25-12-5-7-18(9-13-25)24(2)15-17-6-3-4-10-22-17/h3-4,6,8,10-11,14,18H,5,7,9,12-13,15H2,1-2H3,(H,21,23,26)/t18-/m0/s1. The minimum absolute atomic E-state index is 0.0210. The van der Waals surface area contributed by atoms with Gasteiger partial charge in [-0.05, 0) is 57.0 Å². The number of amides is 2. The summed E-state index contributed by atoms with van der Waals surface area (Å²) in [6, 6.07) is 8.32. The Bertz CT molecular complexity index is 721. The SMILES string of the molecule is Cc1cnccc1NC(=O)N1CCC[C@H](N(C)Cc2ccccn2)CC1. The third kappa shape index (κ3) is 4.79. The Morgan fingerprint density at radius 1 is 1.27 bits per heavy atom. The Balaban J connectivity index is 1.54. The summed E-state index contributed by atoms with van der Waals surface area (Å²) in [4.78, 5) is 25.4. The smallest absolute Gasteiger partial charge is 0.321 e. The highest BCUT2D eigenvalue weighted by Gasteiger charge is 2.23. The maximum Gasteiger partial charge on any atom is 0.321 e. The number of carbonyl (C=O) groups is 1. The van der Waals surface area contributed by atoms with Crippen molar-refractivity contribution in [2.45, 2.75) is 38.8 Å². The van der Waals surface area contributed by atoms with E-state index in [1.165, 1.54) is 0 Å². The third-order valence-electron chi connectivity index (χ3n) is 5.01. The molecule has 0 spiro atoms. The van der Waals surface area contributed by atoms with Crippen molar-refractivity contribution in [2.24, 2.45) is 0 Å². The van der Waals surface area contributed by atoms with Crippen LogP contribution >= 0.6 is 0 Å². The summed E-state index contributed by atoms with van der Waals surface area (Å²) >= 11 is 0. The molecule has 1 atom stereocenters. The highest BCUT2D eigenvalue weighted by Crippen LogP contribution is 2.19. The first-order valence-corrected chi connectivity index (χ1v) is 9.20. The van der Waals surface area contributed by atoms with Crippen molar-refractivity contribution >= 4 is 11.7 Å². The van der Waals surface area contributed by atoms with E-state index in [9.17, 15) is 4.79 Å². The first-order valence-electron chi connectivity index (χ1n) is 9.20. The average Bonchev–Trinajstić information content (AvgIpc) is 2.91. The summed E-state index contributed by atoms with van der Waals surface area (Å²) in [6.45, 7) is 4.36. The molecule has 2 amide bonds. The van der Waals surface area contributed by atoms with Gasteiger partial charge in [-0.2, -0.15) is 0 Å². The van der Waals surface area contributed by atoms with Gasteiger partial charge in [0, 0.05) is 50.0 Å². The molecule has 2 aromatic rings. The lowest BCUT2D eigenvalue weighted by atomic mass is 10.1. The van der Waals surface area contributed by atoms with Crippen LogP contribution in [0.2, 0.25) is 0 Å². The Hall–Kier alpha value is -2.47. The van der Waals surface area contributed by atoms with Crippen LogP contribution in [0.5, 0.6) is 0 Å². The van der Waals surface area contributed by atoms with Crippen LogP contribution in [-0.4, -0.2) is 52.0 Å². The molecule has 6 nitrogen and oxygen atoms in total. The van der Waals surface area contributed by atoms with E-state index in [2.05, 4.69) is 33.3 Å². The van der Waals surface area contributed by atoms with E-state index in [-0.39, 0.29) is 6.03 Å². The number of likely N-dealkylation sites (tertiary alicyclic amines) is 1. The number of urea groups is 1. The second-order valence-electron chi connectivity index (χ2n) is 6.93. The summed E-state index contributed by atoms with van der Waals surface area (Å²) in [6.07, 6.45) is 8.39. The maximum atomic E-state index is 12.6. The van der Waals surface area contributed by atoms with E-state index in [1.807, 2.05) is 36.2 Å². The zero-order valence-corrected chi connectivity index (χ0v) is 15.6. The summed E-state index contributed by atoms with van der Waals surface area (Å²) in [5.74, 6) is 0. The minimum Gasteiger partial charge on any atom is -0.324 e. The quantitative estimate of drug-likeness (QED) is 0.916. The molecule has 1 saturated heterocycles. The number of nitrogens with one attached hydrogen (secondary N) is 1. The Kier molecular flexibility index (Phi) is 6.17. The molecule has 1 aliphatic rings. The van der Waals surface area contributed by atoms with E-state index in [0.717, 1.165) is 55.8 Å². The molecule has 1 N–H and O–H groups in total. The first kappa shape index (κ1) is 18.3. The number of hydrogen-bond donors (Lipinski definition) is 1. The molecule has 0 radical (unpaired) electrons. The zero-order chi connectivity index (χ0) is 18.4. The Labute approximate surface area is 155 Å². The second kappa shape index (κ2) is 8.76. The van der Waals surface area contributed by atoms with Crippen molar-refractivity contribution in [3.05, 3.63) is 54.1 Å². The van der Waals surface area contributed by atoms with E-state index in [1.54, 1.807) is 12.4 Å². The molecule has 6 heteroatoms. The highest BCUT2D eigenvalue weighted by molar-refractivity contribution is 5.90. The van der Waals surface area contributed by atoms with Crippen LogP contribution in [0.1, 0.15) is 30.5 Å². The van der Waals surface area contributed by atoms with Crippen LogP contribution in [-0.2, 0) is 6.54 Å². The van der Waals surface area contributed by atoms with Gasteiger partial charge in [0.15, 0.2) is 0 Å². The van der Waals surface area contributed by atoms with Crippen LogP contribution < -0.4 is 5.32 Å². The fourth-order valence-corrected chi connectivity index (χ4v) is 3.41. The van der Waals surface area contributed by atoms with E-state index >= 15 is 0 Å². The molecule has 0 aliphatic carbocycles. The fourth-order valence-electron chi connectivity index (χ4n) is 3.41. The summed E-state index contributed by atoms with van der Waals surface area (Å²) in [5.41, 5.74) is 2.89. The summed E-state index contributed by atoms with van der Waals surface area (Å²) < 4.78 is 0. The number of aromatic nitrogens is 2. The van der Waals surface area contributed by atoms with Crippen molar-refractivity contribution in [3.8, 4) is 0 Å². The molecule has 0 aromatic carbocycles. The molecular weight excluding hydrogens is 326 g/mol. The maximum absolute atomic E-state index is 12.6. The van der Waals surface area contributed by atoms with Gasteiger partial charge in [0.1, 0.15) is 0 Å². The van der Waals surface area contributed by atoms with Gasteiger partial charge >= 0.3 is 6.03 Å². The number of nitrogens with zero attached hydrogens (tertiary/aromatic N) is 4. The topological polar surface area (TPSA) is 61.4 Å². The van der Waals surface area contributed by atoms with E-state index < -0.39 is 0 Å². The predicted octanol–water partition coefficient (Wildman–Crippen LogP) is 3.30. The lowest BCUT2D eigenvalue weighted by Gasteiger charge is -2.27.